The monoisotopic (exact) mass is 383 g/mol. The van der Waals surface area contributed by atoms with Crippen molar-refractivity contribution in [3.63, 3.8) is 0 Å². The van der Waals surface area contributed by atoms with Crippen LogP contribution in [0.15, 0.2) is 47.6 Å². The third-order valence-electron chi connectivity index (χ3n) is 3.23. The van der Waals surface area contributed by atoms with Crippen LogP contribution in [0.2, 0.25) is 10.0 Å². The van der Waals surface area contributed by atoms with Gasteiger partial charge in [0.25, 0.3) is 10.0 Å². The van der Waals surface area contributed by atoms with Gasteiger partial charge in [-0.3, -0.25) is 4.72 Å². The molecule has 0 saturated heterocycles. The van der Waals surface area contributed by atoms with Crippen molar-refractivity contribution >= 4 is 38.9 Å². The van der Waals surface area contributed by atoms with Gasteiger partial charge in [-0.25, -0.2) is 13.1 Å². The first kappa shape index (κ1) is 16.7. The molecular formula is C14H11Cl2N5O2S. The number of nitrogens with one attached hydrogen (secondary N) is 1. The standard InChI is InChI=1S/C14H11Cl2N5O2S/c1-9-6-11(3-5-13(9)21-8-17-19-20-21)18-24(22,23)14-7-10(15)2-4-12(14)16/h2-8,18H,1H3. The summed E-state index contributed by atoms with van der Waals surface area (Å²) in [6.45, 7) is 1.82. The van der Waals surface area contributed by atoms with Crippen LogP contribution in [0.3, 0.4) is 0 Å². The highest BCUT2D eigenvalue weighted by atomic mass is 35.5. The summed E-state index contributed by atoms with van der Waals surface area (Å²) in [4.78, 5) is -0.0844. The highest BCUT2D eigenvalue weighted by molar-refractivity contribution is 7.92. The summed E-state index contributed by atoms with van der Waals surface area (Å²) in [5.74, 6) is 0. The minimum atomic E-state index is -3.86. The Morgan fingerprint density at radius 1 is 1.12 bits per heavy atom. The van der Waals surface area contributed by atoms with Gasteiger partial charge in [0.2, 0.25) is 0 Å². The molecule has 0 radical (unpaired) electrons. The zero-order chi connectivity index (χ0) is 17.3. The predicted molar refractivity (Wildman–Crippen MR) is 91.2 cm³/mol. The highest BCUT2D eigenvalue weighted by Gasteiger charge is 2.19. The normalized spacial score (nSPS) is 11.5. The van der Waals surface area contributed by atoms with Gasteiger partial charge in [0.05, 0.1) is 10.7 Å². The summed E-state index contributed by atoms with van der Waals surface area (Å²) in [6, 6.07) is 9.25. The Bertz CT molecular complexity index is 990. The predicted octanol–water partition coefficient (Wildman–Crippen LogP) is 3.08. The maximum absolute atomic E-state index is 12.5. The zero-order valence-corrected chi connectivity index (χ0v) is 14.6. The number of hydrogen-bond donors (Lipinski definition) is 1. The lowest BCUT2D eigenvalue weighted by Crippen LogP contribution is -2.14. The number of benzene rings is 2. The number of aryl methyl sites for hydroxylation is 1. The summed E-state index contributed by atoms with van der Waals surface area (Å²) in [5.41, 5.74) is 1.92. The summed E-state index contributed by atoms with van der Waals surface area (Å²) in [6.07, 6.45) is 1.46. The van der Waals surface area contributed by atoms with Crippen molar-refractivity contribution < 1.29 is 8.42 Å². The second-order valence-electron chi connectivity index (χ2n) is 4.94. The molecule has 2 aromatic carbocycles. The molecule has 7 nitrogen and oxygen atoms in total. The summed E-state index contributed by atoms with van der Waals surface area (Å²) >= 11 is 11.8. The fourth-order valence-electron chi connectivity index (χ4n) is 2.14. The van der Waals surface area contributed by atoms with Crippen LogP contribution in [0.5, 0.6) is 0 Å². The van der Waals surface area contributed by atoms with Crippen LogP contribution in [-0.2, 0) is 10.0 Å². The molecule has 10 heteroatoms. The number of nitrogens with zero attached hydrogens (tertiary/aromatic N) is 4. The largest absolute Gasteiger partial charge is 0.280 e. The van der Waals surface area contributed by atoms with Crippen LogP contribution < -0.4 is 4.72 Å². The molecule has 0 aliphatic carbocycles. The number of rotatable bonds is 4. The molecule has 3 aromatic rings. The van der Waals surface area contributed by atoms with E-state index in [1.54, 1.807) is 18.2 Å². The molecule has 1 aromatic heterocycles. The molecule has 0 amide bonds. The van der Waals surface area contributed by atoms with Crippen molar-refractivity contribution in [3.8, 4) is 5.69 Å². The van der Waals surface area contributed by atoms with Crippen molar-refractivity contribution in [3.05, 3.63) is 58.3 Å². The van der Waals surface area contributed by atoms with Crippen molar-refractivity contribution in [2.24, 2.45) is 0 Å². The minimum Gasteiger partial charge on any atom is -0.280 e. The van der Waals surface area contributed by atoms with E-state index in [0.717, 1.165) is 11.3 Å². The Morgan fingerprint density at radius 2 is 1.92 bits per heavy atom. The van der Waals surface area contributed by atoms with Crippen LogP contribution in [0.1, 0.15) is 5.56 Å². The van der Waals surface area contributed by atoms with Crippen LogP contribution in [0.25, 0.3) is 5.69 Å². The van der Waals surface area contributed by atoms with Gasteiger partial charge in [0, 0.05) is 10.7 Å². The maximum Gasteiger partial charge on any atom is 0.263 e. The zero-order valence-electron chi connectivity index (χ0n) is 12.3. The lowest BCUT2D eigenvalue weighted by molar-refractivity contribution is 0.601. The molecule has 0 bridgehead atoms. The van der Waals surface area contributed by atoms with Gasteiger partial charge in [-0.05, 0) is 59.3 Å². The second kappa shape index (κ2) is 6.39. The van der Waals surface area contributed by atoms with E-state index < -0.39 is 10.0 Å². The van der Waals surface area contributed by atoms with Gasteiger partial charge in [0.15, 0.2) is 0 Å². The van der Waals surface area contributed by atoms with E-state index in [-0.39, 0.29) is 14.9 Å². The number of halogens is 2. The first-order chi connectivity index (χ1) is 11.4. The lowest BCUT2D eigenvalue weighted by atomic mass is 10.2. The fourth-order valence-corrected chi connectivity index (χ4v) is 3.95. The SMILES string of the molecule is Cc1cc(NS(=O)(=O)c2cc(Cl)ccc2Cl)ccc1-n1cnnn1. The van der Waals surface area contributed by atoms with Gasteiger partial charge >= 0.3 is 0 Å². The Hall–Kier alpha value is -2.16. The number of aromatic nitrogens is 4. The number of anilines is 1. The average molecular weight is 384 g/mol. The molecule has 1 heterocycles. The van der Waals surface area contributed by atoms with E-state index >= 15 is 0 Å². The van der Waals surface area contributed by atoms with Crippen LogP contribution in [-0.4, -0.2) is 28.6 Å². The quantitative estimate of drug-likeness (QED) is 0.747. The van der Waals surface area contributed by atoms with Gasteiger partial charge < -0.3 is 0 Å². The summed E-state index contributed by atoms with van der Waals surface area (Å²) in [5, 5.41) is 11.3. The van der Waals surface area contributed by atoms with E-state index in [0.29, 0.717) is 5.69 Å². The topological polar surface area (TPSA) is 89.8 Å². The van der Waals surface area contributed by atoms with E-state index in [2.05, 4.69) is 20.2 Å². The van der Waals surface area contributed by atoms with Crippen LogP contribution in [0, 0.1) is 6.92 Å². The van der Waals surface area contributed by atoms with E-state index in [9.17, 15) is 8.42 Å². The molecule has 0 aliphatic rings. The third kappa shape index (κ3) is 3.35. The van der Waals surface area contributed by atoms with E-state index in [4.69, 9.17) is 23.2 Å². The molecule has 24 heavy (non-hydrogen) atoms. The molecular weight excluding hydrogens is 373 g/mol. The van der Waals surface area contributed by atoms with E-state index in [1.165, 1.54) is 29.2 Å². The Labute approximate surface area is 148 Å². The number of hydrogen-bond acceptors (Lipinski definition) is 5. The molecule has 0 atom stereocenters. The molecule has 3 rings (SSSR count). The van der Waals surface area contributed by atoms with Gasteiger partial charge in [-0.15, -0.1) is 5.10 Å². The average Bonchev–Trinajstić information content (AvgIpc) is 3.03. The molecule has 0 spiro atoms. The van der Waals surface area contributed by atoms with E-state index in [1.807, 2.05) is 6.92 Å². The van der Waals surface area contributed by atoms with Gasteiger partial charge in [0.1, 0.15) is 11.2 Å². The first-order valence-corrected chi connectivity index (χ1v) is 8.92. The summed E-state index contributed by atoms with van der Waals surface area (Å²) < 4.78 is 29.0. The molecule has 124 valence electrons. The molecule has 0 unspecified atom stereocenters. The fraction of sp³-hybridized carbons (Fsp3) is 0.0714. The molecule has 0 saturated carbocycles. The van der Waals surface area contributed by atoms with Crippen molar-refractivity contribution in [1.82, 2.24) is 20.2 Å². The highest BCUT2D eigenvalue weighted by Crippen LogP contribution is 2.27. The Balaban J connectivity index is 1.93. The lowest BCUT2D eigenvalue weighted by Gasteiger charge is -2.12. The Kier molecular flexibility index (Phi) is 4.44. The van der Waals surface area contributed by atoms with Crippen LogP contribution >= 0.6 is 23.2 Å². The maximum atomic E-state index is 12.5. The number of sulfonamides is 1. The van der Waals surface area contributed by atoms with Crippen molar-refractivity contribution in [2.45, 2.75) is 11.8 Å². The third-order valence-corrected chi connectivity index (χ3v) is 5.33. The van der Waals surface area contributed by atoms with Gasteiger partial charge in [-0.2, -0.15) is 0 Å². The van der Waals surface area contributed by atoms with Gasteiger partial charge in [-0.1, -0.05) is 23.2 Å². The second-order valence-corrected chi connectivity index (χ2v) is 7.43. The summed E-state index contributed by atoms with van der Waals surface area (Å²) in [7, 11) is -3.86. The minimum absolute atomic E-state index is 0.0844. The number of tetrazole rings is 1. The van der Waals surface area contributed by atoms with Crippen molar-refractivity contribution in [1.29, 1.82) is 0 Å². The first-order valence-electron chi connectivity index (χ1n) is 6.69. The van der Waals surface area contributed by atoms with Crippen LogP contribution in [0.4, 0.5) is 5.69 Å². The smallest absolute Gasteiger partial charge is 0.263 e. The molecule has 1 N–H and O–H groups in total. The molecule has 0 fully saturated rings. The molecule has 0 aliphatic heterocycles. The Morgan fingerprint density at radius 3 is 2.58 bits per heavy atom. The van der Waals surface area contributed by atoms with Crippen molar-refractivity contribution in [2.75, 3.05) is 4.72 Å².